The van der Waals surface area contributed by atoms with Crippen molar-refractivity contribution in [3.63, 3.8) is 0 Å². The summed E-state index contributed by atoms with van der Waals surface area (Å²) in [5.41, 5.74) is 6.31. The standard InChI is InChI=1S/C38H22N2O2/c1-29(41)42-38-36(19-17-32-9-5-30(6-10-32)13-15-34-21-25-39-26-22-34)3-2-4-37(38)20-18-33-11-7-31(8-12-33)14-16-35-23-27-40-28-24-35/h2-12,21-28H,1H3. The van der Waals surface area contributed by atoms with E-state index >= 15 is 0 Å². The van der Waals surface area contributed by atoms with Gasteiger partial charge in [-0.25, -0.2) is 0 Å². The maximum atomic E-state index is 11.9. The molecule has 3 aromatic carbocycles. The van der Waals surface area contributed by atoms with Gasteiger partial charge in [-0.15, -0.1) is 0 Å². The van der Waals surface area contributed by atoms with Gasteiger partial charge in [0.05, 0.1) is 11.1 Å². The van der Waals surface area contributed by atoms with E-state index in [4.69, 9.17) is 4.74 Å². The molecule has 0 spiro atoms. The van der Waals surface area contributed by atoms with Crippen LogP contribution in [0.1, 0.15) is 51.4 Å². The lowest BCUT2D eigenvalue weighted by atomic mass is 10.1. The summed E-state index contributed by atoms with van der Waals surface area (Å²) in [5.74, 6) is 24.9. The smallest absolute Gasteiger partial charge is 0.308 e. The Balaban J connectivity index is 1.35. The zero-order valence-electron chi connectivity index (χ0n) is 22.7. The van der Waals surface area contributed by atoms with Crippen molar-refractivity contribution in [1.29, 1.82) is 0 Å². The Bertz CT molecular complexity index is 1830. The number of rotatable bonds is 1. The van der Waals surface area contributed by atoms with Crippen molar-refractivity contribution in [2.45, 2.75) is 6.92 Å². The summed E-state index contributed by atoms with van der Waals surface area (Å²) in [6, 6.07) is 28.2. The number of aromatic nitrogens is 2. The minimum atomic E-state index is -0.443. The number of benzene rings is 3. The molecule has 0 radical (unpaired) electrons. The molecule has 0 bridgehead atoms. The van der Waals surface area contributed by atoms with E-state index in [0.29, 0.717) is 16.9 Å². The number of carbonyl (C=O) groups is 1. The van der Waals surface area contributed by atoms with Crippen molar-refractivity contribution in [2.75, 3.05) is 0 Å². The van der Waals surface area contributed by atoms with Crippen LogP contribution < -0.4 is 4.74 Å². The summed E-state index contributed by atoms with van der Waals surface area (Å²) in [6.45, 7) is 1.36. The molecule has 42 heavy (non-hydrogen) atoms. The molecular formula is C38H22N2O2. The summed E-state index contributed by atoms with van der Waals surface area (Å²) in [4.78, 5) is 19.9. The van der Waals surface area contributed by atoms with Gasteiger partial charge in [0.25, 0.3) is 0 Å². The van der Waals surface area contributed by atoms with Crippen molar-refractivity contribution in [3.8, 4) is 53.1 Å². The predicted octanol–water partition coefficient (Wildman–Crippen LogP) is 6.00. The highest BCUT2D eigenvalue weighted by Gasteiger charge is 2.09. The SMILES string of the molecule is CC(=O)Oc1c(C#Cc2ccc(C#Cc3ccncc3)cc2)cccc1C#Cc1ccc(C#Cc2ccncc2)cc1. The summed E-state index contributed by atoms with van der Waals surface area (Å²) >= 11 is 0. The molecule has 0 aliphatic carbocycles. The zero-order valence-corrected chi connectivity index (χ0v) is 22.7. The molecule has 0 amide bonds. The van der Waals surface area contributed by atoms with Crippen LogP contribution in [0.3, 0.4) is 0 Å². The Morgan fingerprint density at radius 1 is 0.476 bits per heavy atom. The molecule has 0 atom stereocenters. The monoisotopic (exact) mass is 538 g/mol. The second kappa shape index (κ2) is 13.6. The summed E-state index contributed by atoms with van der Waals surface area (Å²) in [6.07, 6.45) is 6.86. The maximum Gasteiger partial charge on any atom is 0.308 e. The van der Waals surface area contributed by atoms with E-state index in [2.05, 4.69) is 57.3 Å². The average molecular weight is 539 g/mol. The normalized spacial score (nSPS) is 9.36. The van der Waals surface area contributed by atoms with Crippen LogP contribution in [0, 0.1) is 47.4 Å². The molecule has 0 aliphatic rings. The van der Waals surface area contributed by atoms with Gasteiger partial charge in [0.15, 0.2) is 5.75 Å². The van der Waals surface area contributed by atoms with Gasteiger partial charge < -0.3 is 4.74 Å². The quantitative estimate of drug-likeness (QED) is 0.149. The molecule has 4 nitrogen and oxygen atoms in total. The van der Waals surface area contributed by atoms with Gasteiger partial charge in [0.1, 0.15) is 0 Å². The van der Waals surface area contributed by atoms with Gasteiger partial charge in [-0.05, 0) is 84.9 Å². The van der Waals surface area contributed by atoms with Crippen molar-refractivity contribution < 1.29 is 9.53 Å². The minimum Gasteiger partial charge on any atom is -0.424 e. The number of carbonyl (C=O) groups excluding carboxylic acids is 1. The third kappa shape index (κ3) is 7.85. The second-order valence-electron chi connectivity index (χ2n) is 8.90. The fourth-order valence-electron chi connectivity index (χ4n) is 3.70. The van der Waals surface area contributed by atoms with Crippen LogP contribution in [-0.2, 0) is 4.79 Å². The van der Waals surface area contributed by atoms with Crippen LogP contribution >= 0.6 is 0 Å². The van der Waals surface area contributed by atoms with Crippen molar-refractivity contribution in [3.05, 3.63) is 160 Å². The van der Waals surface area contributed by atoms with E-state index in [9.17, 15) is 4.79 Å². The fourth-order valence-corrected chi connectivity index (χ4v) is 3.70. The van der Waals surface area contributed by atoms with E-state index in [1.807, 2.05) is 78.9 Å². The maximum absolute atomic E-state index is 11.9. The first-order valence-electron chi connectivity index (χ1n) is 13.0. The van der Waals surface area contributed by atoms with Crippen LogP contribution in [-0.4, -0.2) is 15.9 Å². The van der Waals surface area contributed by atoms with E-state index in [1.54, 1.807) is 36.9 Å². The van der Waals surface area contributed by atoms with Crippen LogP contribution in [0.5, 0.6) is 5.75 Å². The second-order valence-corrected chi connectivity index (χ2v) is 8.90. The molecule has 0 saturated heterocycles. The highest BCUT2D eigenvalue weighted by atomic mass is 16.5. The molecule has 0 aliphatic heterocycles. The number of hydrogen-bond acceptors (Lipinski definition) is 4. The molecule has 2 heterocycles. The van der Waals surface area contributed by atoms with Gasteiger partial charge in [0.2, 0.25) is 0 Å². The highest BCUT2D eigenvalue weighted by molar-refractivity contribution is 5.73. The largest absolute Gasteiger partial charge is 0.424 e. The number of para-hydroxylation sites is 1. The van der Waals surface area contributed by atoms with E-state index in [0.717, 1.165) is 33.4 Å². The summed E-state index contributed by atoms with van der Waals surface area (Å²) in [7, 11) is 0. The van der Waals surface area contributed by atoms with Crippen LogP contribution in [0.4, 0.5) is 0 Å². The first kappa shape index (κ1) is 27.2. The number of esters is 1. The zero-order chi connectivity index (χ0) is 29.0. The van der Waals surface area contributed by atoms with Gasteiger partial charge in [-0.1, -0.05) is 53.4 Å². The third-order valence-electron chi connectivity index (χ3n) is 5.78. The Hall–Kier alpha value is -6.33. The lowest BCUT2D eigenvalue weighted by Crippen LogP contribution is -2.05. The predicted molar refractivity (Wildman–Crippen MR) is 163 cm³/mol. The molecule has 0 fully saturated rings. The van der Waals surface area contributed by atoms with Crippen LogP contribution in [0.2, 0.25) is 0 Å². The van der Waals surface area contributed by atoms with E-state index < -0.39 is 5.97 Å². The molecule has 5 aromatic rings. The summed E-state index contributed by atoms with van der Waals surface area (Å²) in [5, 5.41) is 0. The topological polar surface area (TPSA) is 52.1 Å². The lowest BCUT2D eigenvalue weighted by Gasteiger charge is -2.07. The molecular weight excluding hydrogens is 516 g/mol. The summed E-state index contributed by atoms with van der Waals surface area (Å²) < 4.78 is 5.55. The Labute approximate surface area is 245 Å². The van der Waals surface area contributed by atoms with Gasteiger partial charge in [0, 0.05) is 65.1 Å². The van der Waals surface area contributed by atoms with Crippen molar-refractivity contribution in [2.24, 2.45) is 0 Å². The number of hydrogen-bond donors (Lipinski definition) is 0. The highest BCUT2D eigenvalue weighted by Crippen LogP contribution is 2.23. The Kier molecular flexibility index (Phi) is 8.85. The molecule has 4 heteroatoms. The minimum absolute atomic E-state index is 0.338. The van der Waals surface area contributed by atoms with Crippen molar-refractivity contribution in [1.82, 2.24) is 9.97 Å². The van der Waals surface area contributed by atoms with Crippen LogP contribution in [0.25, 0.3) is 0 Å². The number of nitrogens with zero attached hydrogens (tertiary/aromatic N) is 2. The van der Waals surface area contributed by atoms with Gasteiger partial charge in [-0.2, -0.15) is 0 Å². The molecule has 0 N–H and O–H groups in total. The number of ether oxygens (including phenoxy) is 1. The van der Waals surface area contributed by atoms with Gasteiger partial charge in [-0.3, -0.25) is 14.8 Å². The first-order chi connectivity index (χ1) is 20.6. The molecule has 0 unspecified atom stereocenters. The lowest BCUT2D eigenvalue weighted by molar-refractivity contribution is -0.131. The van der Waals surface area contributed by atoms with E-state index in [-0.39, 0.29) is 0 Å². The van der Waals surface area contributed by atoms with Crippen LogP contribution in [0.15, 0.2) is 116 Å². The Morgan fingerprint density at radius 3 is 1.12 bits per heavy atom. The molecule has 0 saturated carbocycles. The third-order valence-corrected chi connectivity index (χ3v) is 5.78. The first-order valence-corrected chi connectivity index (χ1v) is 13.0. The molecule has 2 aromatic heterocycles. The van der Waals surface area contributed by atoms with E-state index in [1.165, 1.54) is 6.92 Å². The fraction of sp³-hybridized carbons (Fsp3) is 0.0263. The Morgan fingerprint density at radius 2 is 0.786 bits per heavy atom. The molecule has 196 valence electrons. The molecule has 5 rings (SSSR count). The van der Waals surface area contributed by atoms with Crippen molar-refractivity contribution >= 4 is 5.97 Å². The van der Waals surface area contributed by atoms with Gasteiger partial charge >= 0.3 is 5.97 Å². The number of pyridine rings is 2. The average Bonchev–Trinajstić information content (AvgIpc) is 3.03.